The molecule has 0 aliphatic rings. The van der Waals surface area contributed by atoms with Crippen molar-refractivity contribution >= 4 is 101 Å². The molecule has 0 spiro atoms. The molecule has 63 heavy (non-hydrogen) atoms. The van der Waals surface area contributed by atoms with Gasteiger partial charge < -0.3 is 24.3 Å². The van der Waals surface area contributed by atoms with Crippen LogP contribution in [0.3, 0.4) is 0 Å². The van der Waals surface area contributed by atoms with Gasteiger partial charge in [-0.05, 0) is 226 Å². The molecule has 329 valence electrons. The summed E-state index contributed by atoms with van der Waals surface area (Å²) in [4.78, 5) is 0. The molecule has 0 fully saturated rings. The number of halogens is 6. The third-order valence-corrected chi connectivity index (χ3v) is 15.4. The maximum atomic E-state index is 9.96. The third kappa shape index (κ3) is 14.5. The summed E-state index contributed by atoms with van der Waals surface area (Å²) in [7, 11) is 3.10. The van der Waals surface area contributed by atoms with E-state index >= 15 is 0 Å². The lowest BCUT2D eigenvalue weighted by atomic mass is 9.86. The van der Waals surface area contributed by atoms with Crippen LogP contribution in [0.2, 0.25) is 0 Å². The Hall–Kier alpha value is -3.41. The average molecular weight is 1270 g/mol. The molecule has 7 rings (SSSR count). The van der Waals surface area contributed by atoms with Crippen molar-refractivity contribution in [2.45, 2.75) is 41.5 Å². The quantitative estimate of drug-likeness (QED) is 0.123. The number of aromatic hydroxyl groups is 1. The maximum absolute atomic E-state index is 9.96. The first-order valence-corrected chi connectivity index (χ1v) is 23.9. The number of benzene rings is 7. The second kappa shape index (κ2) is 27.2. The van der Waals surface area contributed by atoms with Gasteiger partial charge in [0.1, 0.15) is 23.0 Å². The highest BCUT2D eigenvalue weighted by Crippen LogP contribution is 2.42. The summed E-state index contributed by atoms with van der Waals surface area (Å²) in [5, 5.41) is 17.9. The number of hydrogen-bond donors (Lipinski definition) is 2. The van der Waals surface area contributed by atoms with Crippen molar-refractivity contribution in [2.75, 3.05) is 21.4 Å². The highest BCUT2D eigenvalue weighted by molar-refractivity contribution is 14.1. The van der Waals surface area contributed by atoms with Gasteiger partial charge in [-0.25, -0.2) is 0 Å². The molecule has 12 heteroatoms. The van der Waals surface area contributed by atoms with Crippen LogP contribution in [0.1, 0.15) is 34.8 Å². The molecule has 1 radical (unpaired) electrons. The highest BCUT2D eigenvalue weighted by Gasteiger charge is 2.18. The van der Waals surface area contributed by atoms with E-state index in [2.05, 4.69) is 181 Å². The van der Waals surface area contributed by atoms with Crippen molar-refractivity contribution in [3.8, 4) is 56.4 Å². The Balaban J connectivity index is 0.000000238. The SMILES string of the molecule is COc1cccc(-c2c(C)cc(C)c(-c3ccccc3)c2C)c1Br.COc1cccc(I)c1Br.Cc1cc(C)c(-c2ccccc2)c(C)c1O[B]O.Oc1cccc(I)c1Br.[2H]CF. The minimum Gasteiger partial charge on any atom is -0.537 e. The summed E-state index contributed by atoms with van der Waals surface area (Å²) < 4.78 is 36.2. The molecule has 0 saturated carbocycles. The van der Waals surface area contributed by atoms with Crippen molar-refractivity contribution in [2.24, 2.45) is 0 Å². The van der Waals surface area contributed by atoms with Crippen LogP contribution in [0.25, 0.3) is 33.4 Å². The molecule has 0 saturated heterocycles. The molecule has 0 aromatic heterocycles. The first-order chi connectivity index (χ1) is 30.6. The standard InChI is InChI=1S/C22H21BrO.C15H16BO2.C7H6BrIO.C6H4BrIO.CH3F/c1-14-13-15(2)21(18-11-8-12-19(24-4)22(18)23)16(3)20(14)17-9-6-5-7-10-17;1-10-9-11(2)15(18-16-17)12(3)14(10)13-7-5-4-6-8-13;1-10-6-4-2-3-5(9)7(6)8;7-6-4(8)2-1-3-5(6)9;1-2/h5-13H,1-4H3;4-9,17H,1-3H3;2-4H,1H3;1-3,9H;1H3/i;;;;1D. The molecule has 0 atom stereocenters. The summed E-state index contributed by atoms with van der Waals surface area (Å²) in [5.74, 6) is 2.75. The predicted molar refractivity (Wildman–Crippen MR) is 289 cm³/mol. The molecule has 0 bridgehead atoms. The summed E-state index contributed by atoms with van der Waals surface area (Å²) in [6, 6.07) is 42.6. The van der Waals surface area contributed by atoms with Gasteiger partial charge in [0.2, 0.25) is 0 Å². The molecule has 0 aliphatic carbocycles. The Morgan fingerprint density at radius 2 is 0.984 bits per heavy atom. The van der Waals surface area contributed by atoms with Crippen LogP contribution in [0.15, 0.2) is 141 Å². The van der Waals surface area contributed by atoms with Crippen LogP contribution in [-0.2, 0) is 0 Å². The van der Waals surface area contributed by atoms with Gasteiger partial charge in [-0.15, -0.1) is 0 Å². The van der Waals surface area contributed by atoms with Gasteiger partial charge in [-0.2, -0.15) is 0 Å². The minimum absolute atomic E-state index is 0.293. The lowest BCUT2D eigenvalue weighted by molar-refractivity contribution is 0.411. The van der Waals surface area contributed by atoms with E-state index in [1.165, 1.54) is 44.5 Å². The minimum atomic E-state index is -1.00. The van der Waals surface area contributed by atoms with Gasteiger partial charge in [0.25, 0.3) is 0 Å². The zero-order chi connectivity index (χ0) is 47.5. The van der Waals surface area contributed by atoms with Gasteiger partial charge >= 0.3 is 7.69 Å². The normalized spacial score (nSPS) is 10.2. The average Bonchev–Trinajstić information content (AvgIpc) is 3.27. The zero-order valence-corrected chi connectivity index (χ0v) is 45.4. The van der Waals surface area contributed by atoms with Crippen LogP contribution >= 0.6 is 93.0 Å². The Labute approximate surface area is 427 Å². The van der Waals surface area contributed by atoms with Crippen LogP contribution in [0.4, 0.5) is 4.39 Å². The van der Waals surface area contributed by atoms with E-state index in [-0.39, 0.29) is 0 Å². The number of methoxy groups -OCH3 is 2. The van der Waals surface area contributed by atoms with Gasteiger partial charge in [0, 0.05) is 12.7 Å². The van der Waals surface area contributed by atoms with Crippen molar-refractivity contribution in [3.63, 3.8) is 0 Å². The summed E-state index contributed by atoms with van der Waals surface area (Å²) in [6.07, 6.45) is 0. The fourth-order valence-corrected chi connectivity index (χ4v) is 9.37. The van der Waals surface area contributed by atoms with E-state index in [4.69, 9.17) is 25.6 Å². The number of rotatable bonds is 7. The Morgan fingerprint density at radius 3 is 1.44 bits per heavy atom. The maximum Gasteiger partial charge on any atom is 0.569 e. The number of phenolic OH excluding ortho intramolecular Hbond substituents is 1. The molecular formula is C51H50BBr3FI2O5. The van der Waals surface area contributed by atoms with E-state index < -0.39 is 7.15 Å². The van der Waals surface area contributed by atoms with Gasteiger partial charge in [-0.3, -0.25) is 4.39 Å². The molecular weight excluding hydrogens is 1220 g/mol. The largest absolute Gasteiger partial charge is 0.569 e. The molecule has 0 amide bonds. The first kappa shape index (κ1) is 52.2. The Kier molecular flexibility index (Phi) is 22.5. The Bertz CT molecular complexity index is 2570. The van der Waals surface area contributed by atoms with Crippen LogP contribution < -0.4 is 14.1 Å². The fraction of sp³-hybridized carbons (Fsp3) is 0.176. The van der Waals surface area contributed by atoms with E-state index in [1.54, 1.807) is 20.3 Å². The number of alkyl halides is 1. The molecule has 2 N–H and O–H groups in total. The van der Waals surface area contributed by atoms with E-state index in [0.717, 1.165) is 67.7 Å². The van der Waals surface area contributed by atoms with Crippen LogP contribution in [0, 0.1) is 48.7 Å². The number of phenols is 1. The van der Waals surface area contributed by atoms with Crippen molar-refractivity contribution in [3.05, 3.63) is 181 Å². The third-order valence-electron chi connectivity index (χ3n) is 9.69. The van der Waals surface area contributed by atoms with Gasteiger partial charge in [0.05, 0.1) is 36.2 Å². The smallest absolute Gasteiger partial charge is 0.537 e. The number of aryl methyl sites for hydroxylation is 4. The zero-order valence-electron chi connectivity index (χ0n) is 37.3. The number of hydrogen-bond acceptors (Lipinski definition) is 5. The van der Waals surface area contributed by atoms with E-state index in [0.29, 0.717) is 5.75 Å². The van der Waals surface area contributed by atoms with Crippen LogP contribution in [-0.4, -0.2) is 39.2 Å². The summed E-state index contributed by atoms with van der Waals surface area (Å²) in [6.45, 7) is 12.7. The van der Waals surface area contributed by atoms with Crippen molar-refractivity contribution in [1.82, 2.24) is 0 Å². The molecule has 0 heterocycles. The van der Waals surface area contributed by atoms with Crippen LogP contribution in [0.5, 0.6) is 23.0 Å². The van der Waals surface area contributed by atoms with E-state index in [1.807, 2.05) is 74.5 Å². The van der Waals surface area contributed by atoms with Crippen molar-refractivity contribution in [1.29, 1.82) is 0 Å². The van der Waals surface area contributed by atoms with E-state index in [9.17, 15) is 4.39 Å². The lowest BCUT2D eigenvalue weighted by Crippen LogP contribution is -2.05. The summed E-state index contributed by atoms with van der Waals surface area (Å²) >= 11 is 14.7. The first-order valence-electron chi connectivity index (χ1n) is 20.0. The molecule has 0 aliphatic heterocycles. The second-order valence-electron chi connectivity index (χ2n) is 13.8. The molecule has 5 nitrogen and oxygen atoms in total. The van der Waals surface area contributed by atoms with Crippen molar-refractivity contribution < 1.29 is 30.0 Å². The Morgan fingerprint density at radius 1 is 0.556 bits per heavy atom. The highest BCUT2D eigenvalue weighted by atomic mass is 127. The monoisotopic (exact) mass is 1260 g/mol. The van der Waals surface area contributed by atoms with Gasteiger partial charge in [-0.1, -0.05) is 97.1 Å². The lowest BCUT2D eigenvalue weighted by Gasteiger charge is -2.19. The second-order valence-corrected chi connectivity index (χ2v) is 18.5. The molecule has 7 aromatic carbocycles. The topological polar surface area (TPSA) is 68.2 Å². The molecule has 7 aromatic rings. The predicted octanol–water partition coefficient (Wildman–Crippen LogP) is 16.3. The molecule has 0 unspecified atom stereocenters. The summed E-state index contributed by atoms with van der Waals surface area (Å²) in [5.41, 5.74) is 14.5. The van der Waals surface area contributed by atoms with Gasteiger partial charge in [0.15, 0.2) is 0 Å². The fourth-order valence-electron chi connectivity index (χ4n) is 7.10. The number of ether oxygens (including phenoxy) is 2.